The number of aryl methyl sites for hydroxylation is 2. The highest BCUT2D eigenvalue weighted by Crippen LogP contribution is 2.32. The quantitative estimate of drug-likeness (QED) is 0.304. The third-order valence-corrected chi connectivity index (χ3v) is 3.85. The number of nitrogens with zero attached hydrogens (tertiary/aromatic N) is 3. The van der Waals surface area contributed by atoms with Crippen LogP contribution in [0.2, 0.25) is 0 Å². The van der Waals surface area contributed by atoms with Crippen LogP contribution in [0, 0.1) is 6.92 Å². The zero-order valence-corrected chi connectivity index (χ0v) is 17.5. The molecule has 2 heterocycles. The first-order valence-electron chi connectivity index (χ1n) is 8.61. The number of nitrogens with one attached hydrogen (secondary N) is 2. The fourth-order valence-electron chi connectivity index (χ4n) is 2.59. The van der Waals surface area contributed by atoms with E-state index in [1.54, 1.807) is 7.05 Å². The van der Waals surface area contributed by atoms with Gasteiger partial charge in [0.15, 0.2) is 17.5 Å². The van der Waals surface area contributed by atoms with Crippen LogP contribution in [-0.2, 0) is 6.54 Å². The van der Waals surface area contributed by atoms with E-state index in [1.807, 2.05) is 42.2 Å². The Morgan fingerprint density at radius 3 is 2.81 bits per heavy atom. The number of benzene rings is 1. The molecule has 8 heteroatoms. The third-order valence-electron chi connectivity index (χ3n) is 3.85. The summed E-state index contributed by atoms with van der Waals surface area (Å²) >= 11 is 0. The van der Waals surface area contributed by atoms with Gasteiger partial charge in [-0.15, -0.1) is 24.0 Å². The number of fused-ring (bicyclic) bond motifs is 1. The van der Waals surface area contributed by atoms with Crippen LogP contribution in [0.25, 0.3) is 0 Å². The topological polar surface area (TPSA) is 72.7 Å². The number of ether oxygens (including phenoxy) is 2. The second-order valence-electron chi connectivity index (χ2n) is 5.97. The molecule has 0 aliphatic carbocycles. The Kier molecular flexibility index (Phi) is 8.02. The summed E-state index contributed by atoms with van der Waals surface area (Å²) in [5.74, 6) is 2.29. The van der Waals surface area contributed by atoms with Crippen LogP contribution in [0.15, 0.2) is 35.6 Å². The monoisotopic (exact) mass is 471 g/mol. The zero-order valence-electron chi connectivity index (χ0n) is 15.2. The number of aliphatic imine (C=N–C) groups is 1. The molecule has 2 N–H and O–H groups in total. The molecule has 0 spiro atoms. The van der Waals surface area contributed by atoms with Gasteiger partial charge in [-0.2, -0.15) is 5.10 Å². The van der Waals surface area contributed by atoms with E-state index in [0.717, 1.165) is 49.1 Å². The van der Waals surface area contributed by atoms with Crippen molar-refractivity contribution in [2.75, 3.05) is 32.1 Å². The molecule has 7 nitrogen and oxygen atoms in total. The summed E-state index contributed by atoms with van der Waals surface area (Å²) < 4.78 is 13.3. The van der Waals surface area contributed by atoms with E-state index in [9.17, 15) is 0 Å². The molecule has 0 fully saturated rings. The minimum absolute atomic E-state index is 0. The Balaban J connectivity index is 0.00000243. The SMILES string of the molecule is CN=C(NCCCn1cc(C)cn1)Nc1ccc2c(c1)OCCCO2.I. The first kappa shape index (κ1) is 20.3. The molecule has 1 aromatic heterocycles. The summed E-state index contributed by atoms with van der Waals surface area (Å²) in [4.78, 5) is 4.26. The lowest BCUT2D eigenvalue weighted by molar-refractivity contribution is 0.297. The van der Waals surface area contributed by atoms with Crippen LogP contribution in [0.1, 0.15) is 18.4 Å². The Hall–Kier alpha value is -1.97. The predicted octanol–water partition coefficient (Wildman–Crippen LogP) is 3.05. The van der Waals surface area contributed by atoms with Crippen LogP contribution in [0.4, 0.5) is 5.69 Å². The predicted molar refractivity (Wildman–Crippen MR) is 114 cm³/mol. The Morgan fingerprint density at radius 1 is 1.27 bits per heavy atom. The molecule has 3 rings (SSSR count). The fourth-order valence-corrected chi connectivity index (χ4v) is 2.59. The number of aromatic nitrogens is 2. The minimum atomic E-state index is 0. The number of guanidine groups is 1. The maximum absolute atomic E-state index is 5.72. The van der Waals surface area contributed by atoms with E-state index in [4.69, 9.17) is 9.47 Å². The van der Waals surface area contributed by atoms with Crippen molar-refractivity contribution in [3.05, 3.63) is 36.2 Å². The van der Waals surface area contributed by atoms with E-state index in [1.165, 1.54) is 5.56 Å². The number of hydrogen-bond donors (Lipinski definition) is 2. The minimum Gasteiger partial charge on any atom is -0.490 e. The molecular weight excluding hydrogens is 445 g/mol. The molecule has 0 saturated heterocycles. The number of halogens is 1. The Labute approximate surface area is 171 Å². The highest BCUT2D eigenvalue weighted by Gasteiger charge is 2.11. The van der Waals surface area contributed by atoms with Crippen LogP contribution >= 0.6 is 24.0 Å². The van der Waals surface area contributed by atoms with Crippen LogP contribution in [0.3, 0.4) is 0 Å². The van der Waals surface area contributed by atoms with E-state index >= 15 is 0 Å². The molecule has 26 heavy (non-hydrogen) atoms. The van der Waals surface area contributed by atoms with Gasteiger partial charge in [-0.05, 0) is 31.0 Å². The van der Waals surface area contributed by atoms with Crippen molar-refractivity contribution in [2.45, 2.75) is 26.3 Å². The van der Waals surface area contributed by atoms with Gasteiger partial charge < -0.3 is 20.1 Å². The van der Waals surface area contributed by atoms with Crippen LogP contribution in [0.5, 0.6) is 11.5 Å². The van der Waals surface area contributed by atoms with E-state index in [2.05, 4.69) is 20.7 Å². The second kappa shape index (κ2) is 10.2. The van der Waals surface area contributed by atoms with E-state index in [-0.39, 0.29) is 24.0 Å². The van der Waals surface area contributed by atoms with Gasteiger partial charge in [0.2, 0.25) is 0 Å². The van der Waals surface area contributed by atoms with Crippen molar-refractivity contribution in [2.24, 2.45) is 4.99 Å². The molecule has 0 unspecified atom stereocenters. The lowest BCUT2D eigenvalue weighted by atomic mass is 10.2. The normalized spacial score (nSPS) is 13.5. The third kappa shape index (κ3) is 5.79. The Morgan fingerprint density at radius 2 is 2.08 bits per heavy atom. The summed E-state index contributed by atoms with van der Waals surface area (Å²) in [6, 6.07) is 5.84. The first-order valence-corrected chi connectivity index (χ1v) is 8.61. The number of rotatable bonds is 5. The number of anilines is 1. The maximum atomic E-state index is 5.72. The van der Waals surface area contributed by atoms with Gasteiger partial charge in [-0.25, -0.2) is 0 Å². The maximum Gasteiger partial charge on any atom is 0.195 e. The van der Waals surface area contributed by atoms with Gasteiger partial charge in [-0.3, -0.25) is 9.67 Å². The van der Waals surface area contributed by atoms with Crippen LogP contribution < -0.4 is 20.1 Å². The summed E-state index contributed by atoms with van der Waals surface area (Å²) in [5, 5.41) is 10.9. The Bertz CT molecular complexity index is 732. The van der Waals surface area contributed by atoms with Gasteiger partial charge in [0, 0.05) is 44.5 Å². The van der Waals surface area contributed by atoms with Crippen molar-refractivity contribution in [3.63, 3.8) is 0 Å². The average Bonchev–Trinajstić information content (AvgIpc) is 2.89. The van der Waals surface area contributed by atoms with Crippen molar-refractivity contribution in [1.82, 2.24) is 15.1 Å². The molecule has 142 valence electrons. The molecule has 1 aliphatic heterocycles. The molecule has 0 radical (unpaired) electrons. The smallest absolute Gasteiger partial charge is 0.195 e. The molecule has 0 atom stereocenters. The standard InChI is InChI=1S/C18H25N5O2.HI/c1-14-12-21-23(13-14)8-3-7-20-18(19-2)22-15-5-6-16-17(11-15)25-10-4-9-24-16;/h5-6,11-13H,3-4,7-10H2,1-2H3,(H2,19,20,22);1H. The van der Waals surface area contributed by atoms with E-state index < -0.39 is 0 Å². The van der Waals surface area contributed by atoms with Gasteiger partial charge >= 0.3 is 0 Å². The molecule has 1 aromatic carbocycles. The molecule has 0 bridgehead atoms. The van der Waals surface area contributed by atoms with Gasteiger partial charge in [0.05, 0.1) is 19.4 Å². The highest BCUT2D eigenvalue weighted by molar-refractivity contribution is 14.0. The van der Waals surface area contributed by atoms with E-state index in [0.29, 0.717) is 13.2 Å². The lowest BCUT2D eigenvalue weighted by Crippen LogP contribution is -2.31. The molecule has 1 aliphatic rings. The second-order valence-corrected chi connectivity index (χ2v) is 5.97. The van der Waals surface area contributed by atoms with Gasteiger partial charge in [-0.1, -0.05) is 0 Å². The van der Waals surface area contributed by atoms with Crippen molar-refractivity contribution in [3.8, 4) is 11.5 Å². The van der Waals surface area contributed by atoms with Gasteiger partial charge in [0.1, 0.15) is 0 Å². The molecule has 0 saturated carbocycles. The fraction of sp³-hybridized carbons (Fsp3) is 0.444. The largest absolute Gasteiger partial charge is 0.490 e. The molecule has 0 amide bonds. The molecule has 2 aromatic rings. The van der Waals surface area contributed by atoms with Crippen molar-refractivity contribution < 1.29 is 9.47 Å². The lowest BCUT2D eigenvalue weighted by Gasteiger charge is -2.14. The highest BCUT2D eigenvalue weighted by atomic mass is 127. The summed E-state index contributed by atoms with van der Waals surface area (Å²) in [6.07, 6.45) is 5.78. The summed E-state index contributed by atoms with van der Waals surface area (Å²) in [7, 11) is 1.76. The van der Waals surface area contributed by atoms with Crippen molar-refractivity contribution >= 4 is 35.6 Å². The first-order chi connectivity index (χ1) is 12.2. The number of hydrogen-bond acceptors (Lipinski definition) is 4. The van der Waals surface area contributed by atoms with Gasteiger partial charge in [0.25, 0.3) is 0 Å². The van der Waals surface area contributed by atoms with Crippen molar-refractivity contribution in [1.29, 1.82) is 0 Å². The summed E-state index contributed by atoms with van der Waals surface area (Å²) in [6.45, 7) is 5.10. The summed E-state index contributed by atoms with van der Waals surface area (Å²) in [5.41, 5.74) is 2.10. The average molecular weight is 471 g/mol. The molecular formula is C18H26IN5O2. The zero-order chi connectivity index (χ0) is 17.5. The van der Waals surface area contributed by atoms with Crippen LogP contribution in [-0.4, -0.2) is 42.5 Å².